The van der Waals surface area contributed by atoms with E-state index in [-0.39, 0.29) is 5.41 Å². The van der Waals surface area contributed by atoms with Crippen LogP contribution in [0.1, 0.15) is 13.8 Å². The van der Waals surface area contributed by atoms with Crippen LogP contribution < -0.4 is 0 Å². The fourth-order valence-electron chi connectivity index (χ4n) is 0.0481. The Hall–Kier alpha value is 0.870. The molecule has 54 valence electrons. The number of aldehydes is 1. The molecule has 0 aromatic heterocycles. The van der Waals surface area contributed by atoms with Gasteiger partial charge in [0.25, 0.3) is 0 Å². The van der Waals surface area contributed by atoms with E-state index >= 15 is 0 Å². The van der Waals surface area contributed by atoms with Crippen LogP contribution in [0.5, 0.6) is 0 Å². The van der Waals surface area contributed by atoms with Gasteiger partial charge in [-0.15, -0.1) is 6.58 Å². The van der Waals surface area contributed by atoms with E-state index in [1.54, 1.807) is 6.08 Å². The molecule has 0 N–H and O–H groups in total. The van der Waals surface area contributed by atoms with Gasteiger partial charge in [0.15, 0.2) is 0 Å². The highest BCUT2D eigenvalue weighted by molar-refractivity contribution is 15.0. The van der Waals surface area contributed by atoms with E-state index < -0.39 is 0 Å². The van der Waals surface area contributed by atoms with E-state index in [1.807, 2.05) is 13.8 Å². The van der Waals surface area contributed by atoms with E-state index in [0.717, 1.165) is 6.29 Å². The van der Waals surface area contributed by atoms with Crippen LogP contribution in [0, 0.1) is 5.41 Å². The molecule has 0 aliphatic heterocycles. The first-order valence-corrected chi connectivity index (χ1v) is 8.65. The first-order chi connectivity index (χ1) is 4.12. The van der Waals surface area contributed by atoms with Crippen LogP contribution in [0.2, 0.25) is 0 Å². The Morgan fingerprint density at radius 1 is 1.44 bits per heavy atom. The van der Waals surface area contributed by atoms with Crippen LogP contribution in [0.3, 0.4) is 0 Å². The third kappa shape index (κ3) is 8.87. The maximum absolute atomic E-state index is 9.99. The van der Waals surface area contributed by atoms with Crippen molar-refractivity contribution in [3.05, 3.63) is 12.7 Å². The maximum atomic E-state index is 9.99. The largest absolute Gasteiger partial charge is 0.302 e. The average Bonchev–Trinajstić information content (AvgIpc) is 1.93. The lowest BCUT2D eigenvalue weighted by molar-refractivity contribution is -0.112. The number of rotatable bonds is 2. The number of halogens is 2. The molecule has 0 bridgehead atoms. The summed E-state index contributed by atoms with van der Waals surface area (Å²) >= 11 is 4.24. The predicted molar refractivity (Wildman–Crippen MR) is 58.1 cm³/mol. The van der Waals surface area contributed by atoms with Gasteiger partial charge in [-0.1, -0.05) is 6.08 Å². The topological polar surface area (TPSA) is 17.1 Å². The highest BCUT2D eigenvalue weighted by Gasteiger charge is 2.08. The molecule has 0 aromatic carbocycles. The summed E-state index contributed by atoms with van der Waals surface area (Å²) in [6.07, 6.45) is 2.50. The minimum absolute atomic E-state index is 0.333. The fraction of sp³-hybridized carbons (Fsp3) is 0.500. The summed E-state index contributed by atoms with van der Waals surface area (Å²) in [5.41, 5.74) is -0.333. The van der Waals surface area contributed by atoms with Gasteiger partial charge in [0.2, 0.25) is 0 Å². The van der Waals surface area contributed by atoms with Crippen molar-refractivity contribution in [2.24, 2.45) is 5.41 Å². The first-order valence-electron chi connectivity index (χ1n) is 2.36. The molecular weight excluding hydrogens is 342 g/mol. The smallest absolute Gasteiger partial charge is 0.129 e. The summed E-state index contributed by atoms with van der Waals surface area (Å²) in [5.74, 6) is 0. The molecule has 9 heavy (non-hydrogen) atoms. The van der Waals surface area contributed by atoms with E-state index in [9.17, 15) is 4.79 Å². The van der Waals surface area contributed by atoms with Crippen molar-refractivity contribution in [1.82, 2.24) is 0 Å². The fourth-order valence-corrected chi connectivity index (χ4v) is 0.0481. The molecule has 0 aliphatic carbocycles. The molecule has 0 heterocycles. The molecule has 0 fully saturated rings. The van der Waals surface area contributed by atoms with Gasteiger partial charge in [0.1, 0.15) is 6.29 Å². The summed E-state index contributed by atoms with van der Waals surface area (Å²) in [4.78, 5) is 9.99. The van der Waals surface area contributed by atoms with Crippen molar-refractivity contribution in [3.63, 3.8) is 0 Å². The Morgan fingerprint density at radius 3 is 1.78 bits per heavy atom. The zero-order valence-corrected chi connectivity index (χ0v) is 9.84. The zero-order valence-electron chi connectivity index (χ0n) is 5.53. The number of carbonyl (C=O) groups is 1. The van der Waals surface area contributed by atoms with Crippen LogP contribution >= 0.6 is 37.2 Å². The van der Waals surface area contributed by atoms with E-state index in [0.29, 0.717) is 0 Å². The Morgan fingerprint density at radius 2 is 1.78 bits per heavy atom. The van der Waals surface area contributed by atoms with Crippen LogP contribution in [-0.4, -0.2) is 6.29 Å². The first kappa shape index (κ1) is 12.5. The molecule has 0 radical (unpaired) electrons. The summed E-state index contributed by atoms with van der Waals surface area (Å²) in [6.45, 7) is 7.10. The Balaban J connectivity index is 0. The van der Waals surface area contributed by atoms with Gasteiger partial charge in [-0.3, -0.25) is 0 Å². The van der Waals surface area contributed by atoms with Crippen molar-refractivity contribution in [2.45, 2.75) is 13.8 Å². The molecule has 0 spiro atoms. The number of carbonyl (C=O) groups excluding carboxylic acids is 1. The second-order valence-electron chi connectivity index (χ2n) is 2.14. The molecule has 3 heteroatoms. The third-order valence-electron chi connectivity index (χ3n) is 0.830. The Bertz CT molecular complexity index is 79.1. The van der Waals surface area contributed by atoms with Gasteiger partial charge in [0, 0.05) is 42.6 Å². The van der Waals surface area contributed by atoms with Crippen LogP contribution in [0.25, 0.3) is 0 Å². The molecule has 0 saturated heterocycles. The van der Waals surface area contributed by atoms with Gasteiger partial charge in [-0.2, -0.15) is 0 Å². The molecule has 0 saturated carbocycles. The normalized spacial score (nSPS) is 8.89. The van der Waals surface area contributed by atoms with E-state index in [2.05, 4.69) is 43.8 Å². The minimum Gasteiger partial charge on any atom is -0.302 e. The molecular formula is C6H10I2O. The summed E-state index contributed by atoms with van der Waals surface area (Å²) in [7, 11) is 0. The van der Waals surface area contributed by atoms with Gasteiger partial charge >= 0.3 is 0 Å². The lowest BCUT2D eigenvalue weighted by Gasteiger charge is -2.06. The minimum atomic E-state index is -0.333. The van der Waals surface area contributed by atoms with Gasteiger partial charge in [0.05, 0.1) is 0 Å². The predicted octanol–water partition coefficient (Wildman–Crippen LogP) is 3.17. The molecule has 1 nitrogen and oxygen atoms in total. The quantitative estimate of drug-likeness (QED) is 0.424. The standard InChI is InChI=1S/C6H10O.I2/c1-4-6(2,3)5-7;1-2/h4-5H,1H2,2-3H3;. The number of hydrogen-bond donors (Lipinski definition) is 0. The van der Waals surface area contributed by atoms with Crippen molar-refractivity contribution < 1.29 is 4.79 Å². The monoisotopic (exact) mass is 352 g/mol. The van der Waals surface area contributed by atoms with Crippen LogP contribution in [0.4, 0.5) is 0 Å². The zero-order chi connectivity index (χ0) is 7.91. The molecule has 0 aromatic rings. The molecule has 0 atom stereocenters. The maximum Gasteiger partial charge on any atom is 0.129 e. The van der Waals surface area contributed by atoms with Crippen molar-refractivity contribution >= 4 is 43.5 Å². The van der Waals surface area contributed by atoms with Crippen molar-refractivity contribution in [3.8, 4) is 0 Å². The second kappa shape index (κ2) is 6.98. The lowest BCUT2D eigenvalue weighted by atomic mass is 9.97. The Kier molecular flexibility index (Phi) is 9.73. The molecule has 0 rings (SSSR count). The average molecular weight is 352 g/mol. The van der Waals surface area contributed by atoms with Gasteiger partial charge < -0.3 is 4.79 Å². The van der Waals surface area contributed by atoms with Crippen molar-refractivity contribution in [2.75, 3.05) is 0 Å². The van der Waals surface area contributed by atoms with Gasteiger partial charge in [-0.25, -0.2) is 0 Å². The second-order valence-corrected chi connectivity index (χ2v) is 2.14. The molecule has 0 amide bonds. The van der Waals surface area contributed by atoms with E-state index in [1.165, 1.54) is 0 Å². The highest BCUT2D eigenvalue weighted by Crippen LogP contribution is 2.09. The van der Waals surface area contributed by atoms with E-state index in [4.69, 9.17) is 0 Å². The number of allylic oxidation sites excluding steroid dienone is 1. The Labute approximate surface area is 79.6 Å². The lowest BCUT2D eigenvalue weighted by Crippen LogP contribution is -2.06. The number of hydrogen-bond acceptors (Lipinski definition) is 1. The summed E-state index contributed by atoms with van der Waals surface area (Å²) in [6, 6.07) is 0. The van der Waals surface area contributed by atoms with Gasteiger partial charge in [-0.05, 0) is 13.8 Å². The van der Waals surface area contributed by atoms with Crippen LogP contribution in [-0.2, 0) is 4.79 Å². The highest BCUT2D eigenvalue weighted by atomic mass is 128. The van der Waals surface area contributed by atoms with Crippen LogP contribution in [0.15, 0.2) is 12.7 Å². The third-order valence-corrected chi connectivity index (χ3v) is 0.830. The SMILES string of the molecule is C=CC(C)(C)C=O.II. The van der Waals surface area contributed by atoms with Crippen molar-refractivity contribution in [1.29, 1.82) is 0 Å². The summed E-state index contributed by atoms with van der Waals surface area (Å²) in [5, 5.41) is 0. The molecule has 0 unspecified atom stereocenters. The summed E-state index contributed by atoms with van der Waals surface area (Å²) < 4.78 is 0. The molecule has 0 aliphatic rings.